The SMILES string of the molecule is CC(=O)O[C@H]1C[C@@H](O)CC[C@@]23C#C[C@@H]4C[C@H]5C#C[C@@H](CNC[C@]6(C5)C[C@H](CCN6)Oc5cc(c(CO)cc5O)C[C@@H]41)SSC[C@@]1(CC4(CCCC4)CCC14CCCC4)NC(N)=N[C@@H]2C=CC[C@@H]3O. The minimum Gasteiger partial charge on any atom is -0.504 e. The van der Waals surface area contributed by atoms with Gasteiger partial charge in [-0.3, -0.25) is 4.79 Å². The molecule has 0 aromatic heterocycles. The topological polar surface area (TPSA) is 191 Å². The summed E-state index contributed by atoms with van der Waals surface area (Å²) < 4.78 is 13.0. The standard InChI is InChI=1S/C54H75N5O7S2/c1-35(61)65-45-27-40(62)12-19-53-18-11-37-23-36-9-10-42(30-56-33-52(28-36)29-41(13-22-57-52)66-46-26-38(24-43(37)45)39(31-60)25-44(46)63)68-67-34-54(59-49(55)58-47(53)7-6-8-48(53)64)32-50(14-2-3-15-50)20-21-51(54)16-4-5-17-51/h6-7,25-26,36-37,40-43,45,47-48,56-57,60,62-64H,2-5,8,12-17,19-24,27-34H2,1H3,(H3,55,58,59)/t36-,37-,40+,41+,42+,43+,45+,47-,48+,52+,53+,54-/m1/s1. The third-order valence-electron chi connectivity index (χ3n) is 18.4. The zero-order valence-corrected chi connectivity index (χ0v) is 41.7. The summed E-state index contributed by atoms with van der Waals surface area (Å²) in [5.74, 6) is 15.4. The molecule has 0 amide bonds. The first-order chi connectivity index (χ1) is 32.8. The van der Waals surface area contributed by atoms with Crippen molar-refractivity contribution in [3.63, 3.8) is 0 Å². The number of ether oxygens (including phenoxy) is 2. The normalized spacial score (nSPS) is 39.8. The number of rotatable bonds is 2. The van der Waals surface area contributed by atoms with E-state index in [9.17, 15) is 25.2 Å². The molecule has 0 radical (unpaired) electrons. The van der Waals surface area contributed by atoms with E-state index >= 15 is 0 Å². The molecule has 1 aromatic carbocycles. The maximum absolute atomic E-state index is 13.1. The number of hydrogen-bond acceptors (Lipinski definition) is 14. The number of nitrogens with two attached hydrogens (primary N) is 1. The summed E-state index contributed by atoms with van der Waals surface area (Å²) >= 11 is 0. The lowest BCUT2D eigenvalue weighted by atomic mass is 9.53. The van der Waals surface area contributed by atoms with E-state index in [1.165, 1.54) is 71.1 Å². The molecule has 3 saturated carbocycles. The number of aliphatic imine (C=N–C) groups is 1. The number of nitrogens with one attached hydrogen (secondary N) is 3. The van der Waals surface area contributed by atoms with Gasteiger partial charge in [0.15, 0.2) is 17.5 Å². The first kappa shape index (κ1) is 48.5. The second-order valence-electron chi connectivity index (χ2n) is 22.7. The highest BCUT2D eigenvalue weighted by Gasteiger charge is 2.60. The van der Waals surface area contributed by atoms with Crippen LogP contribution in [0.4, 0.5) is 0 Å². The van der Waals surface area contributed by atoms with Crippen LogP contribution < -0.4 is 26.4 Å². The van der Waals surface area contributed by atoms with Gasteiger partial charge < -0.3 is 51.6 Å². The van der Waals surface area contributed by atoms with E-state index in [2.05, 4.69) is 45.7 Å². The average molecular weight is 970 g/mol. The van der Waals surface area contributed by atoms with Gasteiger partial charge in [-0.15, -0.1) is 0 Å². The van der Waals surface area contributed by atoms with Gasteiger partial charge in [0, 0.05) is 61.9 Å². The van der Waals surface area contributed by atoms with Crippen molar-refractivity contribution in [3.8, 4) is 35.2 Å². The molecular formula is C54H75N5O7S2. The minimum atomic E-state index is -1.08. The van der Waals surface area contributed by atoms with E-state index in [0.717, 1.165) is 30.7 Å². The van der Waals surface area contributed by atoms with Crippen molar-refractivity contribution in [2.75, 3.05) is 25.4 Å². The molecular weight excluding hydrogens is 895 g/mol. The summed E-state index contributed by atoms with van der Waals surface area (Å²) in [5, 5.41) is 58.7. The first-order valence-corrected chi connectivity index (χ1v) is 28.4. The van der Waals surface area contributed by atoms with Gasteiger partial charge in [0.05, 0.1) is 41.1 Å². The summed E-state index contributed by atoms with van der Waals surface area (Å²) in [6, 6.07) is 2.84. The molecule has 5 aliphatic carbocycles. The van der Waals surface area contributed by atoms with Crippen molar-refractivity contribution in [2.45, 2.75) is 189 Å². The molecule has 0 unspecified atom stereocenters. The Kier molecular flexibility index (Phi) is 14.2. The third kappa shape index (κ3) is 9.67. The van der Waals surface area contributed by atoms with Crippen molar-refractivity contribution in [1.82, 2.24) is 16.0 Å². The van der Waals surface area contributed by atoms with Crippen LogP contribution in [-0.4, -0.2) is 105 Å². The van der Waals surface area contributed by atoms with Crippen molar-refractivity contribution >= 4 is 33.5 Å². The number of aromatic hydroxyl groups is 1. The lowest BCUT2D eigenvalue weighted by molar-refractivity contribution is -0.152. The fourth-order valence-corrected chi connectivity index (χ4v) is 17.8. The fraction of sp³-hybridized carbons (Fsp3) is 0.741. The Morgan fingerprint density at radius 2 is 1.84 bits per heavy atom. The van der Waals surface area contributed by atoms with Gasteiger partial charge in [-0.2, -0.15) is 0 Å². The van der Waals surface area contributed by atoms with Crippen LogP contribution in [0.2, 0.25) is 0 Å². The van der Waals surface area contributed by atoms with Crippen LogP contribution in [0, 0.1) is 57.7 Å². The number of carbonyl (C=O) groups is 1. The van der Waals surface area contributed by atoms with Gasteiger partial charge in [0.2, 0.25) is 0 Å². The molecule has 5 spiro atoms. The molecule has 14 heteroatoms. The maximum Gasteiger partial charge on any atom is 0.302 e. The van der Waals surface area contributed by atoms with Crippen LogP contribution in [0.15, 0.2) is 29.3 Å². The Labute approximate surface area is 411 Å². The zero-order valence-electron chi connectivity index (χ0n) is 40.0. The molecule has 9 aliphatic rings. The molecule has 4 heterocycles. The molecule has 10 rings (SSSR count). The summed E-state index contributed by atoms with van der Waals surface area (Å²) in [5.41, 5.74) is 7.26. The van der Waals surface area contributed by atoms with Crippen LogP contribution >= 0.6 is 21.6 Å². The van der Waals surface area contributed by atoms with E-state index < -0.39 is 47.6 Å². The number of guanidine groups is 1. The number of carbonyl (C=O) groups excluding carboxylic acids is 1. The smallest absolute Gasteiger partial charge is 0.302 e. The molecule has 9 N–H and O–H groups in total. The Balaban J connectivity index is 1.17. The Morgan fingerprint density at radius 3 is 2.65 bits per heavy atom. The number of phenols is 1. The first-order valence-electron chi connectivity index (χ1n) is 26.0. The van der Waals surface area contributed by atoms with Gasteiger partial charge in [0.1, 0.15) is 12.2 Å². The number of fused-ring (bicyclic) bond motifs is 5. The number of benzene rings is 1. The molecule has 12 atom stereocenters. The van der Waals surface area contributed by atoms with Gasteiger partial charge in [-0.05, 0) is 131 Å². The zero-order chi connectivity index (χ0) is 47.2. The lowest BCUT2D eigenvalue weighted by Gasteiger charge is -2.58. The Bertz CT molecular complexity index is 2230. The molecule has 12 nitrogen and oxygen atoms in total. The fourth-order valence-electron chi connectivity index (χ4n) is 14.9. The number of aliphatic hydroxyl groups excluding tert-OH is 3. The predicted molar refractivity (Wildman–Crippen MR) is 269 cm³/mol. The number of piperidine rings is 1. The van der Waals surface area contributed by atoms with E-state index in [1.54, 1.807) is 6.07 Å². The number of aliphatic hydroxyl groups is 3. The monoisotopic (exact) mass is 970 g/mol. The largest absolute Gasteiger partial charge is 0.504 e. The summed E-state index contributed by atoms with van der Waals surface area (Å²) in [6.45, 7) is 3.24. The van der Waals surface area contributed by atoms with Crippen LogP contribution in [0.5, 0.6) is 11.5 Å². The van der Waals surface area contributed by atoms with Crippen LogP contribution in [0.3, 0.4) is 0 Å². The van der Waals surface area contributed by atoms with E-state index in [1.807, 2.05) is 33.7 Å². The van der Waals surface area contributed by atoms with Gasteiger partial charge in [0.25, 0.3) is 0 Å². The van der Waals surface area contributed by atoms with E-state index in [-0.39, 0.29) is 58.0 Å². The summed E-state index contributed by atoms with van der Waals surface area (Å²) in [6.07, 6.45) is 19.1. The number of nitrogens with zero attached hydrogens (tertiary/aromatic N) is 1. The highest BCUT2D eigenvalue weighted by Crippen LogP contribution is 2.64. The van der Waals surface area contributed by atoms with Crippen LogP contribution in [0.25, 0.3) is 0 Å². The van der Waals surface area contributed by atoms with Crippen molar-refractivity contribution < 1.29 is 34.7 Å². The lowest BCUT2D eigenvalue weighted by Crippen LogP contribution is -2.66. The summed E-state index contributed by atoms with van der Waals surface area (Å²) in [7, 11) is 3.83. The molecule has 1 saturated heterocycles. The van der Waals surface area contributed by atoms with E-state index in [4.69, 9.17) is 20.2 Å². The van der Waals surface area contributed by atoms with Gasteiger partial charge >= 0.3 is 5.97 Å². The Morgan fingerprint density at radius 1 is 1.01 bits per heavy atom. The summed E-state index contributed by atoms with van der Waals surface area (Å²) in [4.78, 5) is 18.5. The highest BCUT2D eigenvalue weighted by atomic mass is 33.1. The van der Waals surface area contributed by atoms with Crippen LogP contribution in [0.1, 0.15) is 140 Å². The molecule has 1 aromatic rings. The average Bonchev–Trinajstić information content (AvgIpc) is 3.99. The van der Waals surface area contributed by atoms with E-state index in [0.29, 0.717) is 75.3 Å². The molecule has 4 fully saturated rings. The van der Waals surface area contributed by atoms with Gasteiger partial charge in [-0.1, -0.05) is 83.1 Å². The number of phenolic OH excluding ortho intramolecular Hbond substituents is 1. The minimum absolute atomic E-state index is 0.000338. The molecule has 8 bridgehead atoms. The maximum atomic E-state index is 13.1. The second kappa shape index (κ2) is 19.8. The predicted octanol–water partition coefficient (Wildman–Crippen LogP) is 6.41. The number of esters is 1. The second-order valence-corrected chi connectivity index (χ2v) is 25.2. The third-order valence-corrected chi connectivity index (χ3v) is 21.1. The molecule has 68 heavy (non-hydrogen) atoms. The molecule has 4 aliphatic heterocycles. The van der Waals surface area contributed by atoms with Crippen molar-refractivity contribution in [3.05, 3.63) is 35.4 Å². The van der Waals surface area contributed by atoms with Crippen molar-refractivity contribution in [1.29, 1.82) is 0 Å². The number of hydrogen-bond donors (Lipinski definition) is 8. The van der Waals surface area contributed by atoms with Gasteiger partial charge in [-0.25, -0.2) is 4.99 Å². The molecule has 370 valence electrons. The quantitative estimate of drug-likeness (QED) is 0.0703. The van der Waals surface area contributed by atoms with Crippen LogP contribution in [-0.2, 0) is 22.6 Å². The van der Waals surface area contributed by atoms with Crippen molar-refractivity contribution in [2.24, 2.45) is 44.7 Å². The Hall–Kier alpha value is -3.08. The highest BCUT2D eigenvalue weighted by molar-refractivity contribution is 8.77.